The first kappa shape index (κ1) is 18.5. The van der Waals surface area contributed by atoms with Crippen LogP contribution >= 0.6 is 0 Å². The third kappa shape index (κ3) is 4.28. The molecule has 1 amide bonds. The molecule has 0 aliphatic rings. The molecule has 2 aromatic heterocycles. The van der Waals surface area contributed by atoms with Gasteiger partial charge in [-0.05, 0) is 56.3 Å². The van der Waals surface area contributed by atoms with E-state index in [1.807, 2.05) is 24.5 Å². The lowest BCUT2D eigenvalue weighted by Crippen LogP contribution is -2.17. The zero-order chi connectivity index (χ0) is 19.6. The van der Waals surface area contributed by atoms with Gasteiger partial charge >= 0.3 is 6.36 Å². The number of aromatic nitrogens is 2. The molecule has 0 atom stereocenters. The smallest absolute Gasteiger partial charge is 0.406 e. The highest BCUT2D eigenvalue weighted by Gasteiger charge is 2.31. The Morgan fingerprint density at radius 1 is 1.15 bits per heavy atom. The fraction of sp³-hybridized carbons (Fsp3) is 0.158. The Morgan fingerprint density at radius 2 is 1.85 bits per heavy atom. The number of rotatable bonds is 4. The van der Waals surface area contributed by atoms with Gasteiger partial charge in [-0.15, -0.1) is 13.2 Å². The quantitative estimate of drug-likeness (QED) is 0.723. The molecular weight excluding hydrogens is 359 g/mol. The van der Waals surface area contributed by atoms with Crippen LogP contribution in [0.5, 0.6) is 5.75 Å². The van der Waals surface area contributed by atoms with Crippen LogP contribution in [0.1, 0.15) is 21.7 Å². The van der Waals surface area contributed by atoms with Gasteiger partial charge in [-0.1, -0.05) is 0 Å². The van der Waals surface area contributed by atoms with Gasteiger partial charge in [-0.3, -0.25) is 9.78 Å². The van der Waals surface area contributed by atoms with Crippen LogP contribution in [0.4, 0.5) is 18.9 Å². The molecular formula is C19H16F3N3O2. The summed E-state index contributed by atoms with van der Waals surface area (Å²) in [6, 6.07) is 10.4. The number of ether oxygens (including phenoxy) is 1. The van der Waals surface area contributed by atoms with Crippen molar-refractivity contribution in [3.63, 3.8) is 0 Å². The first-order valence-corrected chi connectivity index (χ1v) is 8.01. The zero-order valence-corrected chi connectivity index (χ0v) is 14.5. The summed E-state index contributed by atoms with van der Waals surface area (Å²) in [4.78, 5) is 16.7. The van der Waals surface area contributed by atoms with Gasteiger partial charge in [0, 0.05) is 23.3 Å². The molecule has 3 rings (SSSR count). The Kier molecular flexibility index (Phi) is 4.89. The molecule has 8 heteroatoms. The first-order chi connectivity index (χ1) is 12.7. The van der Waals surface area contributed by atoms with E-state index in [0.717, 1.165) is 29.2 Å². The molecule has 0 fully saturated rings. The van der Waals surface area contributed by atoms with Crippen molar-refractivity contribution in [2.45, 2.75) is 20.2 Å². The van der Waals surface area contributed by atoms with E-state index in [9.17, 15) is 18.0 Å². The van der Waals surface area contributed by atoms with Crippen LogP contribution in [0.25, 0.3) is 5.69 Å². The average molecular weight is 375 g/mol. The van der Waals surface area contributed by atoms with Crippen molar-refractivity contribution in [3.8, 4) is 11.4 Å². The summed E-state index contributed by atoms with van der Waals surface area (Å²) >= 11 is 0. The number of hydrogen-bond donors (Lipinski definition) is 1. The van der Waals surface area contributed by atoms with Crippen molar-refractivity contribution in [3.05, 3.63) is 71.8 Å². The molecule has 27 heavy (non-hydrogen) atoms. The van der Waals surface area contributed by atoms with E-state index >= 15 is 0 Å². The Balaban J connectivity index is 1.79. The number of carbonyl (C=O) groups excluding carboxylic acids is 1. The van der Waals surface area contributed by atoms with Gasteiger partial charge < -0.3 is 14.6 Å². The Morgan fingerprint density at radius 3 is 2.44 bits per heavy atom. The van der Waals surface area contributed by atoms with E-state index in [2.05, 4.69) is 15.0 Å². The van der Waals surface area contributed by atoms with E-state index in [1.54, 1.807) is 24.5 Å². The van der Waals surface area contributed by atoms with Gasteiger partial charge in [0.2, 0.25) is 0 Å². The molecule has 0 spiro atoms. The maximum absolute atomic E-state index is 12.6. The minimum Gasteiger partial charge on any atom is -0.406 e. The minimum atomic E-state index is -4.76. The molecule has 0 saturated carbocycles. The lowest BCUT2D eigenvalue weighted by molar-refractivity contribution is -0.274. The molecule has 140 valence electrons. The number of benzene rings is 1. The molecule has 0 unspecified atom stereocenters. The number of amides is 1. The monoisotopic (exact) mass is 375 g/mol. The van der Waals surface area contributed by atoms with Gasteiger partial charge in [-0.2, -0.15) is 0 Å². The fourth-order valence-electron chi connectivity index (χ4n) is 2.81. The molecule has 0 saturated heterocycles. The Labute approximate surface area is 153 Å². The van der Waals surface area contributed by atoms with Crippen LogP contribution < -0.4 is 10.1 Å². The number of pyridine rings is 1. The van der Waals surface area contributed by atoms with Crippen molar-refractivity contribution >= 4 is 11.6 Å². The maximum atomic E-state index is 12.6. The predicted molar refractivity (Wildman–Crippen MR) is 94.1 cm³/mol. The third-order valence-electron chi connectivity index (χ3n) is 3.93. The normalized spacial score (nSPS) is 11.3. The van der Waals surface area contributed by atoms with Gasteiger partial charge in [0.25, 0.3) is 5.91 Å². The fourth-order valence-corrected chi connectivity index (χ4v) is 2.81. The minimum absolute atomic E-state index is 0.352. The van der Waals surface area contributed by atoms with Crippen LogP contribution in [-0.4, -0.2) is 21.8 Å². The second-order valence-corrected chi connectivity index (χ2v) is 5.86. The van der Waals surface area contributed by atoms with Crippen molar-refractivity contribution in [1.82, 2.24) is 9.55 Å². The number of hydrogen-bond acceptors (Lipinski definition) is 3. The van der Waals surface area contributed by atoms with Gasteiger partial charge in [-0.25, -0.2) is 0 Å². The second-order valence-electron chi connectivity index (χ2n) is 5.86. The Bertz CT molecular complexity index is 949. The van der Waals surface area contributed by atoms with Crippen LogP contribution in [-0.2, 0) is 0 Å². The maximum Gasteiger partial charge on any atom is 0.573 e. The molecule has 1 N–H and O–H groups in total. The van der Waals surface area contributed by atoms with Crippen LogP contribution in [0.2, 0.25) is 0 Å². The summed E-state index contributed by atoms with van der Waals surface area (Å²) in [5.41, 5.74) is 3.25. The van der Waals surface area contributed by atoms with Crippen LogP contribution in [0.3, 0.4) is 0 Å². The van der Waals surface area contributed by atoms with Crippen molar-refractivity contribution in [2.75, 3.05) is 5.32 Å². The summed E-state index contributed by atoms with van der Waals surface area (Å²) in [7, 11) is 0. The second kappa shape index (κ2) is 7.14. The molecule has 0 aliphatic carbocycles. The number of anilines is 1. The number of nitrogens with one attached hydrogen (secondary N) is 1. The molecule has 1 aromatic carbocycles. The number of nitrogens with zero attached hydrogens (tertiary/aromatic N) is 2. The summed E-state index contributed by atoms with van der Waals surface area (Å²) in [5, 5.41) is 2.68. The van der Waals surface area contributed by atoms with Crippen molar-refractivity contribution < 1.29 is 22.7 Å². The summed E-state index contributed by atoms with van der Waals surface area (Å²) < 4.78 is 42.3. The predicted octanol–water partition coefficient (Wildman–Crippen LogP) is 4.64. The summed E-state index contributed by atoms with van der Waals surface area (Å²) in [6.07, 6.45) is -1.40. The highest BCUT2D eigenvalue weighted by atomic mass is 19.4. The molecule has 5 nitrogen and oxygen atoms in total. The number of aryl methyl sites for hydroxylation is 1. The standard InChI is InChI=1S/C19H16F3N3O2/c1-12-10-17(13(2)25(12)15-4-3-9-23-11-15)18(26)24-14-5-7-16(8-6-14)27-19(20,21)22/h3-11H,1-2H3,(H,24,26). The van der Waals surface area contributed by atoms with Gasteiger partial charge in [0.05, 0.1) is 17.4 Å². The zero-order valence-electron chi connectivity index (χ0n) is 14.5. The highest BCUT2D eigenvalue weighted by Crippen LogP contribution is 2.25. The molecule has 2 heterocycles. The molecule has 3 aromatic rings. The van der Waals surface area contributed by atoms with E-state index < -0.39 is 6.36 Å². The lowest BCUT2D eigenvalue weighted by atomic mass is 10.2. The van der Waals surface area contributed by atoms with Crippen molar-refractivity contribution in [2.24, 2.45) is 0 Å². The van der Waals surface area contributed by atoms with Crippen molar-refractivity contribution in [1.29, 1.82) is 0 Å². The number of carbonyl (C=O) groups is 1. The topological polar surface area (TPSA) is 56.1 Å². The SMILES string of the molecule is Cc1cc(C(=O)Nc2ccc(OC(F)(F)F)cc2)c(C)n1-c1cccnc1. The molecule has 0 radical (unpaired) electrons. The van der Waals surface area contributed by atoms with E-state index in [4.69, 9.17) is 0 Å². The van der Waals surface area contributed by atoms with Crippen LogP contribution in [0.15, 0.2) is 54.9 Å². The molecule has 0 bridgehead atoms. The van der Waals surface area contributed by atoms with Gasteiger partial charge in [0.15, 0.2) is 0 Å². The van der Waals surface area contributed by atoms with Gasteiger partial charge in [0.1, 0.15) is 5.75 Å². The van der Waals surface area contributed by atoms with E-state index in [-0.39, 0.29) is 11.7 Å². The number of alkyl halides is 3. The highest BCUT2D eigenvalue weighted by molar-refractivity contribution is 6.05. The first-order valence-electron chi connectivity index (χ1n) is 8.01. The number of halogens is 3. The van der Waals surface area contributed by atoms with E-state index in [1.165, 1.54) is 12.1 Å². The summed E-state index contributed by atoms with van der Waals surface area (Å²) in [6.45, 7) is 3.69. The summed E-state index contributed by atoms with van der Waals surface area (Å²) in [5.74, 6) is -0.710. The average Bonchev–Trinajstić information content (AvgIpc) is 2.91. The van der Waals surface area contributed by atoms with Crippen LogP contribution in [0, 0.1) is 13.8 Å². The molecule has 0 aliphatic heterocycles. The van der Waals surface area contributed by atoms with E-state index in [0.29, 0.717) is 11.3 Å². The largest absolute Gasteiger partial charge is 0.573 e. The third-order valence-corrected chi connectivity index (χ3v) is 3.93. The lowest BCUT2D eigenvalue weighted by Gasteiger charge is -2.11. The Hall–Kier alpha value is -3.29.